The quantitative estimate of drug-likeness (QED) is 0.281. The molecule has 42 heavy (non-hydrogen) atoms. The van der Waals surface area contributed by atoms with Crippen molar-refractivity contribution in [3.05, 3.63) is 82.7 Å². The van der Waals surface area contributed by atoms with Crippen molar-refractivity contribution in [1.29, 1.82) is 0 Å². The third-order valence-corrected chi connectivity index (χ3v) is 7.64. The van der Waals surface area contributed by atoms with Gasteiger partial charge in [-0.1, -0.05) is 24.3 Å². The lowest BCUT2D eigenvalue weighted by molar-refractivity contribution is -0.122. The smallest absolute Gasteiger partial charge is 0.371 e. The fraction of sp³-hybridized carbons (Fsp3) is 0.323. The molecule has 1 N–H and O–H groups in total. The molecule has 0 unspecified atom stereocenters. The van der Waals surface area contributed by atoms with Gasteiger partial charge in [0, 0.05) is 26.2 Å². The van der Waals surface area contributed by atoms with Crippen LogP contribution >= 0.6 is 11.8 Å². The Labute approximate surface area is 248 Å². The fourth-order valence-corrected chi connectivity index (χ4v) is 5.58. The Bertz CT molecular complexity index is 1450. The van der Waals surface area contributed by atoms with Gasteiger partial charge in [-0.05, 0) is 73.1 Å². The number of carboxylic acid groups (broad SMARTS) is 1. The van der Waals surface area contributed by atoms with Gasteiger partial charge in [0.25, 0.3) is 5.91 Å². The zero-order valence-corrected chi connectivity index (χ0v) is 24.2. The van der Waals surface area contributed by atoms with Gasteiger partial charge < -0.3 is 23.7 Å². The molecule has 3 aromatic rings. The van der Waals surface area contributed by atoms with Crippen LogP contribution in [0.3, 0.4) is 0 Å². The molecule has 0 radical (unpaired) electrons. The molecule has 2 fully saturated rings. The van der Waals surface area contributed by atoms with Crippen LogP contribution < -0.4 is 9.47 Å². The van der Waals surface area contributed by atoms with Crippen LogP contribution in [0.4, 0.5) is 5.69 Å². The molecule has 220 valence electrons. The van der Waals surface area contributed by atoms with E-state index < -0.39 is 5.97 Å². The molecule has 5 rings (SSSR count). The zero-order chi connectivity index (χ0) is 29.3. The summed E-state index contributed by atoms with van der Waals surface area (Å²) in [5.74, 6) is 0.00166. The molecule has 1 amide bonds. The van der Waals surface area contributed by atoms with Crippen LogP contribution in [0.5, 0.6) is 11.5 Å². The van der Waals surface area contributed by atoms with Crippen LogP contribution in [-0.4, -0.2) is 78.0 Å². The van der Waals surface area contributed by atoms with Gasteiger partial charge in [-0.25, -0.2) is 9.79 Å². The van der Waals surface area contributed by atoms with E-state index in [1.54, 1.807) is 17.0 Å². The monoisotopic (exact) mass is 591 g/mol. The van der Waals surface area contributed by atoms with Crippen molar-refractivity contribution in [2.75, 3.05) is 46.0 Å². The summed E-state index contributed by atoms with van der Waals surface area (Å²) < 4.78 is 22.4. The molecule has 0 aliphatic carbocycles. The third kappa shape index (κ3) is 7.61. The number of carbonyl (C=O) groups is 2. The highest BCUT2D eigenvalue weighted by Crippen LogP contribution is 2.36. The first-order chi connectivity index (χ1) is 20.5. The Morgan fingerprint density at radius 2 is 1.86 bits per heavy atom. The highest BCUT2D eigenvalue weighted by atomic mass is 32.2. The van der Waals surface area contributed by atoms with Crippen molar-refractivity contribution in [2.24, 2.45) is 4.99 Å². The minimum Gasteiger partial charge on any atom is -0.490 e. The predicted molar refractivity (Wildman–Crippen MR) is 160 cm³/mol. The number of rotatable bonds is 12. The molecule has 0 spiro atoms. The minimum atomic E-state index is -1.14. The van der Waals surface area contributed by atoms with Crippen LogP contribution in [0.1, 0.15) is 35.2 Å². The second-order valence-electron chi connectivity index (χ2n) is 9.60. The molecule has 1 aromatic heterocycles. The molecule has 0 saturated carbocycles. The summed E-state index contributed by atoms with van der Waals surface area (Å²) in [6.45, 7) is 7.10. The number of amidine groups is 1. The van der Waals surface area contributed by atoms with E-state index in [1.165, 1.54) is 17.8 Å². The number of thioether (sulfide) groups is 1. The summed E-state index contributed by atoms with van der Waals surface area (Å²) in [6.07, 6.45) is 2.67. The van der Waals surface area contributed by atoms with Crippen LogP contribution in [0.2, 0.25) is 0 Å². The number of aliphatic imine (C=N–C) groups is 1. The Kier molecular flexibility index (Phi) is 9.96. The number of furan rings is 1. The Hall–Kier alpha value is -4.06. The van der Waals surface area contributed by atoms with Crippen molar-refractivity contribution in [3.63, 3.8) is 0 Å². The number of aromatic carboxylic acids is 1. The number of benzene rings is 2. The van der Waals surface area contributed by atoms with Gasteiger partial charge >= 0.3 is 5.97 Å². The van der Waals surface area contributed by atoms with Crippen LogP contribution in [0.25, 0.3) is 6.08 Å². The highest BCUT2D eigenvalue weighted by Gasteiger charge is 2.33. The lowest BCUT2D eigenvalue weighted by Gasteiger charge is -2.27. The second kappa shape index (κ2) is 14.2. The lowest BCUT2D eigenvalue weighted by atomic mass is 10.2. The SMILES string of the molecule is CCOc1cc(C=C2SC(=Nc3ccccc3)N(CCCN3CCOCC3)C2=O)ccc1OCc1ccc(C(=O)O)o1. The number of carbonyl (C=O) groups excluding carboxylic acids is 1. The summed E-state index contributed by atoms with van der Waals surface area (Å²) in [6, 6.07) is 18.0. The molecule has 3 heterocycles. The van der Waals surface area contributed by atoms with Gasteiger partial charge in [0.05, 0.1) is 30.4 Å². The van der Waals surface area contributed by atoms with Crippen molar-refractivity contribution < 1.29 is 33.3 Å². The van der Waals surface area contributed by atoms with E-state index in [-0.39, 0.29) is 18.3 Å². The molecule has 2 aliphatic heterocycles. The van der Waals surface area contributed by atoms with E-state index in [4.69, 9.17) is 28.7 Å². The maximum atomic E-state index is 13.6. The van der Waals surface area contributed by atoms with Crippen LogP contribution in [0, 0.1) is 0 Å². The number of hydrogen-bond acceptors (Lipinski definition) is 9. The minimum absolute atomic E-state index is 0.0425. The maximum Gasteiger partial charge on any atom is 0.371 e. The van der Waals surface area contributed by atoms with E-state index in [2.05, 4.69) is 4.90 Å². The van der Waals surface area contributed by atoms with Gasteiger partial charge in [0.15, 0.2) is 16.7 Å². The van der Waals surface area contributed by atoms with Gasteiger partial charge in [-0.15, -0.1) is 0 Å². The Balaban J connectivity index is 1.32. The van der Waals surface area contributed by atoms with E-state index >= 15 is 0 Å². The van der Waals surface area contributed by atoms with E-state index in [9.17, 15) is 9.59 Å². The van der Waals surface area contributed by atoms with Crippen molar-refractivity contribution in [1.82, 2.24) is 9.80 Å². The molecule has 10 nitrogen and oxygen atoms in total. The number of hydrogen-bond donors (Lipinski definition) is 1. The average molecular weight is 592 g/mol. The molecular weight excluding hydrogens is 558 g/mol. The number of nitrogens with zero attached hydrogens (tertiary/aromatic N) is 3. The third-order valence-electron chi connectivity index (χ3n) is 6.64. The number of ether oxygens (including phenoxy) is 3. The topological polar surface area (TPSA) is 114 Å². The first kappa shape index (κ1) is 29.4. The normalized spacial score (nSPS) is 17.7. The van der Waals surface area contributed by atoms with Gasteiger partial charge in [-0.2, -0.15) is 0 Å². The van der Waals surface area contributed by atoms with Crippen molar-refractivity contribution in [3.8, 4) is 11.5 Å². The predicted octanol–water partition coefficient (Wildman–Crippen LogP) is 5.28. The summed E-state index contributed by atoms with van der Waals surface area (Å²) in [4.78, 5) is 34.2. The summed E-state index contributed by atoms with van der Waals surface area (Å²) in [5.41, 5.74) is 1.57. The zero-order valence-electron chi connectivity index (χ0n) is 23.4. The highest BCUT2D eigenvalue weighted by molar-refractivity contribution is 8.18. The first-order valence-corrected chi connectivity index (χ1v) is 14.7. The standard InChI is InChI=1S/C31H33N3O7S/c1-2-39-27-19-22(9-11-25(27)40-21-24-10-12-26(41-24)30(36)37)20-28-29(35)34(14-6-13-33-15-17-38-18-16-33)31(42-28)32-23-7-4-3-5-8-23/h3-5,7-12,19-20H,2,6,13-18,21H2,1H3,(H,36,37). The fourth-order valence-electron chi connectivity index (χ4n) is 4.55. The molecule has 2 saturated heterocycles. The van der Waals surface area contributed by atoms with Gasteiger partial charge in [0.1, 0.15) is 12.4 Å². The number of morpholine rings is 1. The first-order valence-electron chi connectivity index (χ1n) is 13.9. The second-order valence-corrected chi connectivity index (χ2v) is 10.6. The number of carboxylic acids is 1. The molecule has 0 atom stereocenters. The van der Waals surface area contributed by atoms with Crippen molar-refractivity contribution >= 4 is 40.6 Å². The lowest BCUT2D eigenvalue weighted by Crippen LogP contribution is -2.38. The summed E-state index contributed by atoms with van der Waals surface area (Å²) in [5, 5.41) is 9.72. The molecular formula is C31H33N3O7S. The number of amides is 1. The van der Waals surface area contributed by atoms with Crippen LogP contribution in [0.15, 0.2) is 75.0 Å². The Morgan fingerprint density at radius 3 is 2.60 bits per heavy atom. The average Bonchev–Trinajstić information content (AvgIpc) is 3.59. The van der Waals surface area contributed by atoms with Gasteiger partial charge in [-0.3, -0.25) is 14.6 Å². The summed E-state index contributed by atoms with van der Waals surface area (Å²) >= 11 is 1.36. The maximum absolute atomic E-state index is 13.6. The molecule has 0 bridgehead atoms. The van der Waals surface area contributed by atoms with E-state index in [1.807, 2.05) is 55.5 Å². The van der Waals surface area contributed by atoms with E-state index in [0.29, 0.717) is 40.5 Å². The van der Waals surface area contributed by atoms with Gasteiger partial charge in [0.2, 0.25) is 5.76 Å². The van der Waals surface area contributed by atoms with E-state index in [0.717, 1.165) is 50.5 Å². The van der Waals surface area contributed by atoms with Crippen LogP contribution in [-0.2, 0) is 16.1 Å². The van der Waals surface area contributed by atoms with Crippen molar-refractivity contribution in [2.45, 2.75) is 20.0 Å². The molecule has 11 heteroatoms. The molecule has 2 aromatic carbocycles. The summed E-state index contributed by atoms with van der Waals surface area (Å²) in [7, 11) is 0. The largest absolute Gasteiger partial charge is 0.490 e. The number of para-hydroxylation sites is 1. The Morgan fingerprint density at radius 1 is 1.05 bits per heavy atom. The molecule has 2 aliphatic rings.